The maximum Gasteiger partial charge on any atom is 0.259 e. The Labute approximate surface area is 208 Å². The molecule has 7 atom stereocenters. The van der Waals surface area contributed by atoms with Gasteiger partial charge in [-0.2, -0.15) is 0 Å². The molecule has 0 unspecified atom stereocenters. The minimum atomic E-state index is -0.669. The first-order valence-electron chi connectivity index (χ1n) is 13.1. The molecule has 0 aromatic heterocycles. The molecule has 35 heavy (non-hydrogen) atoms. The zero-order valence-corrected chi connectivity index (χ0v) is 20.8. The number of fused-ring (bicyclic) bond motifs is 5. The Balaban J connectivity index is 1.56. The third-order valence-electron chi connectivity index (χ3n) is 8.59. The molecular weight excluding hydrogens is 440 g/mol. The van der Waals surface area contributed by atoms with Crippen LogP contribution in [-0.2, 0) is 14.4 Å². The molecule has 1 saturated heterocycles. The van der Waals surface area contributed by atoms with Crippen molar-refractivity contribution >= 4 is 17.6 Å². The molecule has 0 aromatic rings. The van der Waals surface area contributed by atoms with E-state index in [0.717, 1.165) is 18.3 Å². The van der Waals surface area contributed by atoms with Crippen molar-refractivity contribution in [3.05, 3.63) is 59.9 Å². The predicted octanol–water partition coefficient (Wildman–Crippen LogP) is 4.33. The van der Waals surface area contributed by atoms with Crippen LogP contribution in [0.5, 0.6) is 0 Å². The van der Waals surface area contributed by atoms with Crippen LogP contribution in [0.1, 0.15) is 52.4 Å². The molecule has 4 rings (SSSR count). The van der Waals surface area contributed by atoms with Gasteiger partial charge >= 0.3 is 0 Å². The molecule has 3 fully saturated rings. The van der Waals surface area contributed by atoms with Gasteiger partial charge in [0.15, 0.2) is 5.78 Å². The normalized spacial score (nSPS) is 36.2. The number of carbonyl (C=O) groups excluding carboxylic acids is 3. The van der Waals surface area contributed by atoms with E-state index in [2.05, 4.69) is 36.6 Å². The van der Waals surface area contributed by atoms with Gasteiger partial charge in [-0.15, -0.1) is 0 Å². The van der Waals surface area contributed by atoms with Gasteiger partial charge < -0.3 is 15.7 Å². The van der Waals surface area contributed by atoms with E-state index in [9.17, 15) is 19.5 Å². The summed E-state index contributed by atoms with van der Waals surface area (Å²) in [6, 6.07) is -0.669. The summed E-state index contributed by atoms with van der Waals surface area (Å²) in [5, 5.41) is 15.9. The Morgan fingerprint density at radius 3 is 2.66 bits per heavy atom. The number of aliphatic hydroxyl groups excluding tert-OH is 1. The number of Topliss-reactive ketones (excluding diaryl/α,β-unsaturated/α-hetero) is 1. The summed E-state index contributed by atoms with van der Waals surface area (Å²) in [7, 11) is 0. The van der Waals surface area contributed by atoms with E-state index in [1.807, 2.05) is 18.2 Å². The zero-order valence-electron chi connectivity index (χ0n) is 20.8. The quantitative estimate of drug-likeness (QED) is 0.489. The minimum absolute atomic E-state index is 0.170. The lowest BCUT2D eigenvalue weighted by Crippen LogP contribution is -2.30. The second-order valence-electron chi connectivity index (χ2n) is 10.5. The van der Waals surface area contributed by atoms with Crippen molar-refractivity contribution in [1.82, 2.24) is 10.6 Å². The van der Waals surface area contributed by atoms with E-state index in [1.54, 1.807) is 12.2 Å². The van der Waals surface area contributed by atoms with Gasteiger partial charge in [-0.25, -0.2) is 0 Å². The van der Waals surface area contributed by atoms with Crippen LogP contribution in [0.2, 0.25) is 0 Å². The van der Waals surface area contributed by atoms with E-state index in [4.69, 9.17) is 0 Å². The third-order valence-corrected chi connectivity index (χ3v) is 8.59. The summed E-state index contributed by atoms with van der Waals surface area (Å²) in [4.78, 5) is 37.0. The van der Waals surface area contributed by atoms with E-state index < -0.39 is 17.7 Å². The van der Waals surface area contributed by atoms with Crippen LogP contribution in [0, 0.1) is 35.5 Å². The second kappa shape index (κ2) is 11.2. The van der Waals surface area contributed by atoms with Gasteiger partial charge in [0.25, 0.3) is 5.91 Å². The molecule has 0 spiro atoms. The van der Waals surface area contributed by atoms with Crippen LogP contribution in [0.3, 0.4) is 0 Å². The summed E-state index contributed by atoms with van der Waals surface area (Å²) in [6.45, 7) is 5.12. The van der Waals surface area contributed by atoms with Crippen LogP contribution in [0.25, 0.3) is 0 Å². The Bertz CT molecular complexity index is 989. The first-order chi connectivity index (χ1) is 16.9. The van der Waals surface area contributed by atoms with Crippen LogP contribution in [0.4, 0.5) is 0 Å². The molecule has 188 valence electrons. The number of allylic oxidation sites excluding steroid dienone is 7. The van der Waals surface area contributed by atoms with Crippen LogP contribution < -0.4 is 10.6 Å². The first-order valence-corrected chi connectivity index (χ1v) is 13.1. The number of rotatable bonds is 1. The van der Waals surface area contributed by atoms with Crippen LogP contribution >= 0.6 is 0 Å². The van der Waals surface area contributed by atoms with E-state index >= 15 is 0 Å². The number of nitrogens with one attached hydrogen (secondary N) is 2. The van der Waals surface area contributed by atoms with Crippen molar-refractivity contribution in [3.8, 4) is 0 Å². The molecule has 6 heteroatoms. The number of hydrogen-bond donors (Lipinski definition) is 3. The molecule has 2 aliphatic carbocycles. The molecule has 0 aromatic carbocycles. The number of amides is 2. The number of aliphatic hydroxyl groups is 1. The average molecular weight is 479 g/mol. The summed E-state index contributed by atoms with van der Waals surface area (Å²) < 4.78 is 0. The number of hydrogen-bond acceptors (Lipinski definition) is 4. The fourth-order valence-corrected chi connectivity index (χ4v) is 6.90. The van der Waals surface area contributed by atoms with Crippen molar-refractivity contribution in [2.75, 3.05) is 6.54 Å². The highest BCUT2D eigenvalue weighted by Crippen LogP contribution is 2.57. The molecule has 2 saturated carbocycles. The highest BCUT2D eigenvalue weighted by atomic mass is 16.3. The lowest BCUT2D eigenvalue weighted by atomic mass is 9.78. The van der Waals surface area contributed by atoms with E-state index in [-0.39, 0.29) is 17.2 Å². The fraction of sp³-hybridized carbons (Fsp3) is 0.552. The lowest BCUT2D eigenvalue weighted by Gasteiger charge is -2.27. The summed E-state index contributed by atoms with van der Waals surface area (Å²) in [6.07, 6.45) is 20.4. The van der Waals surface area contributed by atoms with Gasteiger partial charge in [0.1, 0.15) is 11.3 Å². The Morgan fingerprint density at radius 2 is 1.86 bits per heavy atom. The molecule has 0 radical (unpaired) electrons. The highest BCUT2D eigenvalue weighted by Gasteiger charge is 2.50. The monoisotopic (exact) mass is 478 g/mol. The van der Waals surface area contributed by atoms with Gasteiger partial charge in [0, 0.05) is 12.6 Å². The van der Waals surface area contributed by atoms with E-state index in [0.29, 0.717) is 43.1 Å². The maximum atomic E-state index is 12.6. The molecule has 6 nitrogen and oxygen atoms in total. The Kier molecular flexibility index (Phi) is 8.09. The average Bonchev–Trinajstić information content (AvgIpc) is 3.43. The fourth-order valence-electron chi connectivity index (χ4n) is 6.90. The zero-order chi connectivity index (χ0) is 24.9. The second-order valence-corrected chi connectivity index (χ2v) is 10.5. The summed E-state index contributed by atoms with van der Waals surface area (Å²) >= 11 is 0. The van der Waals surface area contributed by atoms with Gasteiger partial charge in [0.05, 0.1) is 6.04 Å². The predicted molar refractivity (Wildman–Crippen MR) is 136 cm³/mol. The van der Waals surface area contributed by atoms with Gasteiger partial charge in [-0.3, -0.25) is 14.4 Å². The van der Waals surface area contributed by atoms with Crippen molar-refractivity contribution in [2.45, 2.75) is 58.4 Å². The number of carbonyl (C=O) groups is 3. The SMILES string of the molecule is CC[C@H]1C[C@H]2C[C@H]3C=CC=CC(=O)NCCC[C@@H]4NC(=O)C(=C(O)C=CC=CC[C@@H]3[C@H]2[C@@H]1C)C4=O. The van der Waals surface area contributed by atoms with E-state index in [1.165, 1.54) is 25.3 Å². The largest absolute Gasteiger partial charge is 0.507 e. The lowest BCUT2D eigenvalue weighted by molar-refractivity contribution is -0.118. The molecule has 4 aliphatic rings. The third kappa shape index (κ3) is 5.52. The Hall–Kier alpha value is -2.89. The van der Waals surface area contributed by atoms with Crippen LogP contribution in [-0.4, -0.2) is 35.3 Å². The molecule has 2 amide bonds. The van der Waals surface area contributed by atoms with Crippen molar-refractivity contribution in [1.29, 1.82) is 0 Å². The molecule has 2 heterocycles. The summed E-state index contributed by atoms with van der Waals surface area (Å²) in [5.74, 6) is 2.55. The topological polar surface area (TPSA) is 95.5 Å². The number of ketones is 1. The van der Waals surface area contributed by atoms with Crippen LogP contribution in [0.15, 0.2) is 59.9 Å². The van der Waals surface area contributed by atoms with Crippen molar-refractivity contribution in [3.63, 3.8) is 0 Å². The summed E-state index contributed by atoms with van der Waals surface area (Å²) in [5.41, 5.74) is -0.185. The maximum absolute atomic E-state index is 12.6. The smallest absolute Gasteiger partial charge is 0.259 e. The molecular formula is C29H38N2O4. The van der Waals surface area contributed by atoms with Gasteiger partial charge in [0.2, 0.25) is 5.91 Å². The van der Waals surface area contributed by atoms with Gasteiger partial charge in [-0.05, 0) is 73.7 Å². The first kappa shape index (κ1) is 25.2. The van der Waals surface area contributed by atoms with Crippen molar-refractivity contribution < 1.29 is 19.5 Å². The van der Waals surface area contributed by atoms with Gasteiger partial charge in [-0.1, -0.05) is 56.7 Å². The Morgan fingerprint density at radius 1 is 1.06 bits per heavy atom. The molecule has 2 aliphatic heterocycles. The van der Waals surface area contributed by atoms with Crippen molar-refractivity contribution in [2.24, 2.45) is 35.5 Å². The highest BCUT2D eigenvalue weighted by molar-refractivity contribution is 6.27. The minimum Gasteiger partial charge on any atom is -0.507 e. The molecule has 2 bridgehead atoms. The molecule has 3 N–H and O–H groups in total. The standard InChI is InChI=1S/C29H38N2O4/c1-3-19-16-21-17-20-10-7-8-14-25(33)30-15-9-12-23-28(34)27(29(35)31-23)24(32)13-6-4-5-11-22(20)26(21)18(19)2/h4-8,10,13-14,18-23,26,32H,3,9,11-12,15-17H2,1-2H3,(H,30,33)(H,31,35)/t18-,19+,20-,21+,22+,23+,26+/m1/s1.